The number of Topliss-reactive ketones (excluding diaryl/α,β-unsaturated/α-hetero) is 1. The third kappa shape index (κ3) is 1.98. The van der Waals surface area contributed by atoms with Gasteiger partial charge in [0, 0.05) is 28.6 Å². The lowest BCUT2D eigenvalue weighted by molar-refractivity contribution is -0.116. The van der Waals surface area contributed by atoms with Gasteiger partial charge in [-0.2, -0.15) is 0 Å². The van der Waals surface area contributed by atoms with Crippen LogP contribution in [0, 0.1) is 6.92 Å². The Morgan fingerprint density at radius 3 is 3.05 bits per heavy atom. The molecular formula is C17H15ClN2O2. The van der Waals surface area contributed by atoms with Gasteiger partial charge in [0.1, 0.15) is 0 Å². The molecule has 1 aliphatic carbocycles. The summed E-state index contributed by atoms with van der Waals surface area (Å²) < 4.78 is 5.41. The molecule has 4 rings (SSSR count). The molecule has 4 nitrogen and oxygen atoms in total. The number of fused-ring (bicyclic) bond motifs is 1. The molecule has 0 saturated carbocycles. The van der Waals surface area contributed by atoms with Crippen molar-refractivity contribution in [1.29, 1.82) is 0 Å². The number of anilines is 1. The average molecular weight is 315 g/mol. The van der Waals surface area contributed by atoms with Gasteiger partial charge in [0.25, 0.3) is 0 Å². The molecule has 0 radical (unpaired) electrons. The van der Waals surface area contributed by atoms with Crippen molar-refractivity contribution in [2.75, 3.05) is 5.32 Å². The van der Waals surface area contributed by atoms with Gasteiger partial charge in [0.2, 0.25) is 5.88 Å². The standard InChI is InChI=1S/C17H15ClN2O2/c1-9-14-15(10-4-2-5-11(18)8-10)16-12(6-3-7-13(16)21)19-17(14)22-20-9/h2,4-5,8,15,19H,3,6-7H2,1H3. The normalized spacial score (nSPS) is 20.5. The Morgan fingerprint density at radius 2 is 2.23 bits per heavy atom. The quantitative estimate of drug-likeness (QED) is 0.857. The zero-order valence-electron chi connectivity index (χ0n) is 12.1. The van der Waals surface area contributed by atoms with Gasteiger partial charge in [0.15, 0.2) is 5.78 Å². The molecule has 0 fully saturated rings. The van der Waals surface area contributed by atoms with Crippen LogP contribution in [-0.4, -0.2) is 10.9 Å². The predicted molar refractivity (Wildman–Crippen MR) is 84.0 cm³/mol. The summed E-state index contributed by atoms with van der Waals surface area (Å²) >= 11 is 6.16. The Balaban J connectivity index is 1.96. The maximum absolute atomic E-state index is 12.6. The van der Waals surface area contributed by atoms with E-state index in [0.29, 0.717) is 17.3 Å². The maximum atomic E-state index is 12.6. The smallest absolute Gasteiger partial charge is 0.233 e. The van der Waals surface area contributed by atoms with Crippen molar-refractivity contribution in [1.82, 2.24) is 5.16 Å². The third-order valence-electron chi connectivity index (χ3n) is 4.39. The van der Waals surface area contributed by atoms with E-state index in [9.17, 15) is 4.79 Å². The molecule has 1 aliphatic heterocycles. The molecule has 0 spiro atoms. The number of allylic oxidation sites excluding steroid dienone is 2. The van der Waals surface area contributed by atoms with E-state index in [4.69, 9.17) is 16.1 Å². The minimum Gasteiger partial charge on any atom is -0.338 e. The summed E-state index contributed by atoms with van der Waals surface area (Å²) in [5.74, 6) is 0.699. The number of benzene rings is 1. The number of ketones is 1. The number of carbonyl (C=O) groups excluding carboxylic acids is 1. The van der Waals surface area contributed by atoms with Crippen molar-refractivity contribution in [2.24, 2.45) is 0 Å². The lowest BCUT2D eigenvalue weighted by Crippen LogP contribution is -2.26. The lowest BCUT2D eigenvalue weighted by Gasteiger charge is -2.31. The minimum atomic E-state index is -0.149. The highest BCUT2D eigenvalue weighted by Crippen LogP contribution is 2.46. The first-order chi connectivity index (χ1) is 10.6. The Morgan fingerprint density at radius 1 is 1.36 bits per heavy atom. The molecule has 1 aromatic heterocycles. The molecule has 2 aliphatic rings. The minimum absolute atomic E-state index is 0.149. The highest BCUT2D eigenvalue weighted by molar-refractivity contribution is 6.30. The number of aromatic nitrogens is 1. The van der Waals surface area contributed by atoms with E-state index in [1.165, 1.54) is 0 Å². The Kier molecular flexibility index (Phi) is 3.08. The number of carbonyl (C=O) groups is 1. The first-order valence-corrected chi connectivity index (χ1v) is 7.78. The fourth-order valence-electron chi connectivity index (χ4n) is 3.44. The summed E-state index contributed by atoms with van der Waals surface area (Å²) in [4.78, 5) is 12.6. The van der Waals surface area contributed by atoms with Crippen LogP contribution in [0.25, 0.3) is 0 Å². The first kappa shape index (κ1) is 13.6. The van der Waals surface area contributed by atoms with Crippen LogP contribution in [0.2, 0.25) is 5.02 Å². The Labute approximate surface area is 133 Å². The number of aryl methyl sites for hydroxylation is 1. The second-order valence-electron chi connectivity index (χ2n) is 5.79. The van der Waals surface area contributed by atoms with Gasteiger partial charge in [-0.15, -0.1) is 0 Å². The van der Waals surface area contributed by atoms with Crippen molar-refractivity contribution in [3.63, 3.8) is 0 Å². The molecule has 1 unspecified atom stereocenters. The van der Waals surface area contributed by atoms with Crippen LogP contribution in [0.3, 0.4) is 0 Å². The van der Waals surface area contributed by atoms with Crippen molar-refractivity contribution in [2.45, 2.75) is 32.1 Å². The van der Waals surface area contributed by atoms with Gasteiger partial charge in [-0.3, -0.25) is 4.79 Å². The molecule has 1 aromatic carbocycles. The molecule has 0 saturated heterocycles. The summed E-state index contributed by atoms with van der Waals surface area (Å²) in [5.41, 5.74) is 4.55. The van der Waals surface area contributed by atoms with Gasteiger partial charge in [-0.05, 0) is 37.5 Å². The SMILES string of the molecule is Cc1noc2c1C(c1cccc(Cl)c1)C1=C(CCCC1=O)N2. The van der Waals surface area contributed by atoms with Crippen molar-refractivity contribution in [3.05, 3.63) is 57.4 Å². The molecule has 0 amide bonds. The molecule has 5 heteroatoms. The predicted octanol–water partition coefficient (Wildman–Crippen LogP) is 4.20. The molecule has 1 atom stereocenters. The van der Waals surface area contributed by atoms with Crippen LogP contribution in [0.5, 0.6) is 0 Å². The monoisotopic (exact) mass is 314 g/mol. The zero-order valence-corrected chi connectivity index (χ0v) is 12.9. The second kappa shape index (κ2) is 4.99. The fourth-order valence-corrected chi connectivity index (χ4v) is 3.63. The number of hydrogen-bond acceptors (Lipinski definition) is 4. The Hall–Kier alpha value is -2.07. The van der Waals surface area contributed by atoms with Crippen molar-refractivity contribution < 1.29 is 9.32 Å². The molecule has 2 aromatic rings. The van der Waals surface area contributed by atoms with Crippen molar-refractivity contribution >= 4 is 23.3 Å². The highest BCUT2D eigenvalue weighted by Gasteiger charge is 2.38. The van der Waals surface area contributed by atoms with Gasteiger partial charge in [-0.1, -0.05) is 28.9 Å². The van der Waals surface area contributed by atoms with Crippen LogP contribution in [0.4, 0.5) is 5.88 Å². The van der Waals surface area contributed by atoms with Crippen LogP contribution in [-0.2, 0) is 4.79 Å². The number of rotatable bonds is 1. The number of nitrogens with one attached hydrogen (secondary N) is 1. The molecule has 1 N–H and O–H groups in total. The van der Waals surface area contributed by atoms with E-state index < -0.39 is 0 Å². The number of halogens is 1. The summed E-state index contributed by atoms with van der Waals surface area (Å²) in [6, 6.07) is 7.67. The highest BCUT2D eigenvalue weighted by atomic mass is 35.5. The van der Waals surface area contributed by atoms with Gasteiger partial charge < -0.3 is 9.84 Å². The first-order valence-electron chi connectivity index (χ1n) is 7.40. The van der Waals surface area contributed by atoms with E-state index in [1.54, 1.807) is 0 Å². The lowest BCUT2D eigenvalue weighted by atomic mass is 9.76. The largest absolute Gasteiger partial charge is 0.338 e. The van der Waals surface area contributed by atoms with Gasteiger partial charge >= 0.3 is 0 Å². The van der Waals surface area contributed by atoms with E-state index in [-0.39, 0.29) is 11.7 Å². The van der Waals surface area contributed by atoms with Crippen LogP contribution in [0.1, 0.15) is 42.0 Å². The Bertz CT molecular complexity index is 807. The van der Waals surface area contributed by atoms with Gasteiger partial charge in [-0.25, -0.2) is 0 Å². The summed E-state index contributed by atoms with van der Waals surface area (Å²) in [6.45, 7) is 1.90. The van der Waals surface area contributed by atoms with Crippen LogP contribution in [0.15, 0.2) is 40.1 Å². The van der Waals surface area contributed by atoms with E-state index >= 15 is 0 Å². The van der Waals surface area contributed by atoms with Crippen molar-refractivity contribution in [3.8, 4) is 0 Å². The topological polar surface area (TPSA) is 55.1 Å². The second-order valence-corrected chi connectivity index (χ2v) is 6.23. The molecule has 22 heavy (non-hydrogen) atoms. The molecular weight excluding hydrogens is 300 g/mol. The summed E-state index contributed by atoms with van der Waals surface area (Å²) in [7, 11) is 0. The van der Waals surface area contributed by atoms with Crippen LogP contribution < -0.4 is 5.32 Å². The summed E-state index contributed by atoms with van der Waals surface area (Å²) in [6.07, 6.45) is 2.32. The van der Waals surface area contributed by atoms with E-state index in [1.807, 2.05) is 31.2 Å². The maximum Gasteiger partial charge on any atom is 0.233 e. The molecule has 2 heterocycles. The molecule has 112 valence electrons. The van der Waals surface area contributed by atoms with E-state index in [2.05, 4.69) is 10.5 Å². The average Bonchev–Trinajstić information content (AvgIpc) is 2.87. The molecule has 0 bridgehead atoms. The van der Waals surface area contributed by atoms with Gasteiger partial charge in [0.05, 0.1) is 11.3 Å². The third-order valence-corrected chi connectivity index (χ3v) is 4.62. The fraction of sp³-hybridized carbons (Fsp3) is 0.294. The van der Waals surface area contributed by atoms with Crippen LogP contribution >= 0.6 is 11.6 Å². The summed E-state index contributed by atoms with van der Waals surface area (Å²) in [5, 5.41) is 8.00. The number of hydrogen-bond donors (Lipinski definition) is 1. The zero-order chi connectivity index (χ0) is 15.3. The number of nitrogens with zero attached hydrogens (tertiary/aromatic N) is 1. The van der Waals surface area contributed by atoms with E-state index in [0.717, 1.165) is 40.9 Å².